The summed E-state index contributed by atoms with van der Waals surface area (Å²) in [5, 5.41) is 0. The Hall–Kier alpha value is -0.940. The third kappa shape index (κ3) is 7.04. The molecule has 0 rings (SSSR count). The summed E-state index contributed by atoms with van der Waals surface area (Å²) in [6.07, 6.45) is 7.14. The highest BCUT2D eigenvalue weighted by Crippen LogP contribution is 2.16. The van der Waals surface area contributed by atoms with Gasteiger partial charge in [-0.25, -0.2) is 0 Å². The maximum absolute atomic E-state index is 5.29. The summed E-state index contributed by atoms with van der Waals surface area (Å²) in [5.41, 5.74) is 1.24. The molecule has 0 spiro atoms. The fourth-order valence-electron chi connectivity index (χ4n) is 1.34. The van der Waals surface area contributed by atoms with E-state index in [1.54, 1.807) is 7.11 Å². The SMILES string of the molecule is C#CCOCC(C)CCC(OC)=C(C)C. The van der Waals surface area contributed by atoms with Crippen LogP contribution in [0.3, 0.4) is 0 Å². The monoisotopic (exact) mass is 210 g/mol. The van der Waals surface area contributed by atoms with E-state index in [4.69, 9.17) is 15.9 Å². The Bertz CT molecular complexity index is 231. The Labute approximate surface area is 93.7 Å². The highest BCUT2D eigenvalue weighted by Gasteiger charge is 2.05. The van der Waals surface area contributed by atoms with Gasteiger partial charge in [-0.05, 0) is 31.8 Å². The number of terminal acetylenes is 1. The molecule has 0 aliphatic heterocycles. The van der Waals surface area contributed by atoms with Crippen molar-refractivity contribution in [1.82, 2.24) is 0 Å². The summed E-state index contributed by atoms with van der Waals surface area (Å²) >= 11 is 0. The van der Waals surface area contributed by atoms with Crippen LogP contribution in [0.5, 0.6) is 0 Å². The Morgan fingerprint density at radius 2 is 2.07 bits per heavy atom. The Kier molecular flexibility index (Phi) is 7.85. The molecule has 0 fully saturated rings. The van der Waals surface area contributed by atoms with E-state index in [9.17, 15) is 0 Å². The van der Waals surface area contributed by atoms with Gasteiger partial charge in [0.25, 0.3) is 0 Å². The molecule has 0 radical (unpaired) electrons. The minimum absolute atomic E-state index is 0.407. The van der Waals surface area contributed by atoms with Crippen molar-refractivity contribution in [2.45, 2.75) is 33.6 Å². The predicted molar refractivity (Wildman–Crippen MR) is 63.4 cm³/mol. The molecule has 0 bridgehead atoms. The van der Waals surface area contributed by atoms with Crippen LogP contribution < -0.4 is 0 Å². The summed E-state index contributed by atoms with van der Waals surface area (Å²) in [6, 6.07) is 0. The second kappa shape index (κ2) is 8.38. The van der Waals surface area contributed by atoms with Crippen molar-refractivity contribution in [2.24, 2.45) is 5.92 Å². The quantitative estimate of drug-likeness (QED) is 0.365. The number of allylic oxidation sites excluding steroid dienone is 2. The Morgan fingerprint density at radius 1 is 1.40 bits per heavy atom. The molecule has 0 aliphatic carbocycles. The second-order valence-electron chi connectivity index (χ2n) is 3.99. The first-order chi connectivity index (χ1) is 7.11. The van der Waals surface area contributed by atoms with E-state index in [0.717, 1.165) is 25.2 Å². The van der Waals surface area contributed by atoms with E-state index in [2.05, 4.69) is 26.7 Å². The van der Waals surface area contributed by atoms with Gasteiger partial charge in [0, 0.05) is 6.42 Å². The van der Waals surface area contributed by atoms with Gasteiger partial charge in [-0.3, -0.25) is 0 Å². The molecule has 0 N–H and O–H groups in total. The van der Waals surface area contributed by atoms with Crippen LogP contribution in [0.4, 0.5) is 0 Å². The van der Waals surface area contributed by atoms with Crippen LogP contribution in [0.2, 0.25) is 0 Å². The van der Waals surface area contributed by atoms with Gasteiger partial charge in [0.2, 0.25) is 0 Å². The van der Waals surface area contributed by atoms with Crippen LogP contribution in [0.25, 0.3) is 0 Å². The molecule has 0 aliphatic rings. The molecule has 1 atom stereocenters. The van der Waals surface area contributed by atoms with Gasteiger partial charge in [0.1, 0.15) is 6.61 Å². The topological polar surface area (TPSA) is 18.5 Å². The highest BCUT2D eigenvalue weighted by atomic mass is 16.5. The maximum atomic E-state index is 5.29. The molecule has 15 heavy (non-hydrogen) atoms. The van der Waals surface area contributed by atoms with E-state index < -0.39 is 0 Å². The van der Waals surface area contributed by atoms with E-state index in [0.29, 0.717) is 12.5 Å². The van der Waals surface area contributed by atoms with Crippen LogP contribution in [-0.4, -0.2) is 20.3 Å². The molecule has 0 saturated heterocycles. The smallest absolute Gasteiger partial charge is 0.107 e. The predicted octanol–water partition coefficient (Wildman–Crippen LogP) is 2.99. The van der Waals surface area contributed by atoms with Crippen molar-refractivity contribution in [3.8, 4) is 12.3 Å². The lowest BCUT2D eigenvalue weighted by atomic mass is 10.0. The lowest BCUT2D eigenvalue weighted by Gasteiger charge is -2.13. The average molecular weight is 210 g/mol. The first kappa shape index (κ1) is 14.1. The number of hydrogen-bond donors (Lipinski definition) is 0. The van der Waals surface area contributed by atoms with Crippen molar-refractivity contribution in [3.63, 3.8) is 0 Å². The minimum Gasteiger partial charge on any atom is -0.501 e. The zero-order valence-corrected chi connectivity index (χ0v) is 10.3. The van der Waals surface area contributed by atoms with Gasteiger partial charge in [-0.2, -0.15) is 0 Å². The first-order valence-corrected chi connectivity index (χ1v) is 5.33. The van der Waals surface area contributed by atoms with Crippen molar-refractivity contribution >= 4 is 0 Å². The zero-order valence-electron chi connectivity index (χ0n) is 10.3. The molecular weight excluding hydrogens is 188 g/mol. The minimum atomic E-state index is 0.407. The zero-order chi connectivity index (χ0) is 11.7. The van der Waals surface area contributed by atoms with Crippen LogP contribution in [-0.2, 0) is 9.47 Å². The third-order valence-electron chi connectivity index (χ3n) is 2.26. The summed E-state index contributed by atoms with van der Waals surface area (Å²) in [6.45, 7) is 7.43. The molecule has 2 nitrogen and oxygen atoms in total. The van der Waals surface area contributed by atoms with Gasteiger partial charge in [-0.15, -0.1) is 6.42 Å². The normalized spacial score (nSPS) is 11.7. The van der Waals surface area contributed by atoms with Crippen molar-refractivity contribution in [2.75, 3.05) is 20.3 Å². The number of hydrogen-bond acceptors (Lipinski definition) is 2. The lowest BCUT2D eigenvalue weighted by Crippen LogP contribution is -2.07. The van der Waals surface area contributed by atoms with Crippen molar-refractivity contribution < 1.29 is 9.47 Å². The van der Waals surface area contributed by atoms with Crippen LogP contribution >= 0.6 is 0 Å². The number of methoxy groups -OCH3 is 1. The van der Waals surface area contributed by atoms with Gasteiger partial charge >= 0.3 is 0 Å². The molecule has 1 unspecified atom stereocenters. The summed E-state index contributed by atoms with van der Waals surface area (Å²) in [4.78, 5) is 0. The van der Waals surface area contributed by atoms with Crippen LogP contribution in [0, 0.1) is 18.3 Å². The molecule has 2 heteroatoms. The van der Waals surface area contributed by atoms with Crippen molar-refractivity contribution in [3.05, 3.63) is 11.3 Å². The maximum Gasteiger partial charge on any atom is 0.107 e. The van der Waals surface area contributed by atoms with E-state index in [1.165, 1.54) is 5.57 Å². The molecule has 0 aromatic carbocycles. The van der Waals surface area contributed by atoms with Gasteiger partial charge in [-0.1, -0.05) is 12.8 Å². The summed E-state index contributed by atoms with van der Waals surface area (Å²) in [5.74, 6) is 4.06. The Morgan fingerprint density at radius 3 is 2.53 bits per heavy atom. The fourth-order valence-corrected chi connectivity index (χ4v) is 1.34. The summed E-state index contributed by atoms with van der Waals surface area (Å²) in [7, 11) is 1.72. The molecule has 0 aromatic rings. The van der Waals surface area contributed by atoms with Crippen LogP contribution in [0.15, 0.2) is 11.3 Å². The highest BCUT2D eigenvalue weighted by molar-refractivity contribution is 5.02. The number of ether oxygens (including phenoxy) is 2. The Balaban J connectivity index is 3.75. The standard InChI is InChI=1S/C13H22O2/c1-6-9-15-10-12(4)7-8-13(14-5)11(2)3/h1,12H,7-10H2,2-5H3. The summed E-state index contributed by atoms with van der Waals surface area (Å²) < 4.78 is 10.6. The average Bonchev–Trinajstić information content (AvgIpc) is 2.18. The van der Waals surface area contributed by atoms with Gasteiger partial charge < -0.3 is 9.47 Å². The first-order valence-electron chi connectivity index (χ1n) is 5.33. The van der Waals surface area contributed by atoms with Crippen LogP contribution in [0.1, 0.15) is 33.6 Å². The largest absolute Gasteiger partial charge is 0.501 e. The molecule has 86 valence electrons. The fraction of sp³-hybridized carbons (Fsp3) is 0.692. The number of rotatable bonds is 7. The van der Waals surface area contributed by atoms with E-state index >= 15 is 0 Å². The molecule has 0 heterocycles. The second-order valence-corrected chi connectivity index (χ2v) is 3.99. The lowest BCUT2D eigenvalue weighted by molar-refractivity contribution is 0.127. The van der Waals surface area contributed by atoms with E-state index in [1.807, 2.05) is 0 Å². The van der Waals surface area contributed by atoms with E-state index in [-0.39, 0.29) is 0 Å². The third-order valence-corrected chi connectivity index (χ3v) is 2.26. The molecule has 0 aromatic heterocycles. The molecule has 0 amide bonds. The molecule has 0 saturated carbocycles. The van der Waals surface area contributed by atoms with Crippen molar-refractivity contribution in [1.29, 1.82) is 0 Å². The van der Waals surface area contributed by atoms with Gasteiger partial charge in [0.05, 0.1) is 19.5 Å². The molecular formula is C13H22O2. The van der Waals surface area contributed by atoms with Gasteiger partial charge in [0.15, 0.2) is 0 Å².